The second-order valence-electron chi connectivity index (χ2n) is 9.94. The van der Waals surface area contributed by atoms with E-state index >= 15 is 0 Å². The fourth-order valence-corrected chi connectivity index (χ4v) is 7.96. The zero-order valence-electron chi connectivity index (χ0n) is 17.4. The zero-order valence-corrected chi connectivity index (χ0v) is 17.4. The van der Waals surface area contributed by atoms with Gasteiger partial charge >= 0.3 is 0 Å². The van der Waals surface area contributed by atoms with Crippen molar-refractivity contribution >= 4 is 0 Å². The summed E-state index contributed by atoms with van der Waals surface area (Å²) in [4.78, 5) is 0. The van der Waals surface area contributed by atoms with Crippen molar-refractivity contribution in [3.8, 4) is 0 Å². The predicted molar refractivity (Wildman–Crippen MR) is 107 cm³/mol. The summed E-state index contributed by atoms with van der Waals surface area (Å²) >= 11 is 0. The number of aromatic nitrogens is 1. The number of rotatable bonds is 1. The van der Waals surface area contributed by atoms with E-state index in [1.54, 1.807) is 0 Å². The second kappa shape index (κ2) is 7.32. The summed E-state index contributed by atoms with van der Waals surface area (Å²) in [6.45, 7) is 9.07. The molecule has 1 aromatic heterocycles. The van der Waals surface area contributed by atoms with Crippen LogP contribution >= 0.6 is 0 Å². The molecule has 4 saturated carbocycles. The number of fused-ring (bicyclic) bond motifs is 5. The van der Waals surface area contributed by atoms with Gasteiger partial charge in [0.25, 0.3) is 0 Å². The molecule has 0 spiro atoms. The van der Waals surface area contributed by atoms with Crippen molar-refractivity contribution in [1.29, 1.82) is 0 Å². The molecule has 1 heterocycles. The maximum Gasteiger partial charge on any atom is 0.140 e. The summed E-state index contributed by atoms with van der Waals surface area (Å²) in [6.07, 6.45) is 15.1. The Kier molecular flexibility index (Phi) is 5.23. The van der Waals surface area contributed by atoms with Crippen LogP contribution in [0.15, 0.2) is 16.8 Å². The van der Waals surface area contributed by atoms with Crippen molar-refractivity contribution in [2.75, 3.05) is 0 Å². The molecule has 0 aliphatic heterocycles. The third-order valence-corrected chi connectivity index (χ3v) is 9.02. The SMILES string of the molecule is CC.CC1CCC2C(CCC3C2CCC2(C)C(c4ccno4)CCC32)C1. The normalized spacial score (nSPS) is 47.2. The molecule has 5 rings (SSSR count). The summed E-state index contributed by atoms with van der Waals surface area (Å²) in [5, 5.41) is 4.00. The molecule has 2 heteroatoms. The molecule has 8 atom stereocenters. The van der Waals surface area contributed by atoms with E-state index in [9.17, 15) is 0 Å². The maximum atomic E-state index is 5.62. The first-order valence-corrected chi connectivity index (χ1v) is 11.6. The number of hydrogen-bond acceptors (Lipinski definition) is 2. The van der Waals surface area contributed by atoms with Crippen LogP contribution in [0.3, 0.4) is 0 Å². The first-order valence-electron chi connectivity index (χ1n) is 11.6. The Balaban J connectivity index is 0.000000814. The minimum Gasteiger partial charge on any atom is -0.361 e. The standard InChI is InChI=1S/C22H33NO.C2H6/c1-14-3-5-16-15(13-14)4-6-18-17(16)9-11-22(2)19(18)7-8-20(22)21-10-12-23-24-21;1-2/h10,12,14-20H,3-9,11,13H2,1-2H3;1-2H3. The van der Waals surface area contributed by atoms with Gasteiger partial charge in [-0.15, -0.1) is 0 Å². The lowest BCUT2D eigenvalue weighted by Gasteiger charge is -2.56. The van der Waals surface area contributed by atoms with Crippen LogP contribution in [-0.4, -0.2) is 5.16 Å². The highest BCUT2D eigenvalue weighted by molar-refractivity contribution is 5.16. The monoisotopic (exact) mass is 357 g/mol. The summed E-state index contributed by atoms with van der Waals surface area (Å²) in [5.74, 6) is 7.88. The van der Waals surface area contributed by atoms with Crippen molar-refractivity contribution in [2.24, 2.45) is 40.9 Å². The first kappa shape index (κ1) is 18.6. The molecule has 2 nitrogen and oxygen atoms in total. The zero-order chi connectivity index (χ0) is 18.3. The average Bonchev–Trinajstić information content (AvgIpc) is 3.29. The Morgan fingerprint density at radius 3 is 2.54 bits per heavy atom. The van der Waals surface area contributed by atoms with Crippen LogP contribution in [0.25, 0.3) is 0 Å². The van der Waals surface area contributed by atoms with Gasteiger partial charge in [0.05, 0.1) is 6.20 Å². The van der Waals surface area contributed by atoms with Gasteiger partial charge < -0.3 is 4.52 Å². The largest absolute Gasteiger partial charge is 0.361 e. The molecule has 0 saturated heterocycles. The van der Waals surface area contributed by atoms with Gasteiger partial charge in [0.15, 0.2) is 0 Å². The van der Waals surface area contributed by atoms with Gasteiger partial charge in [0.1, 0.15) is 5.76 Å². The van der Waals surface area contributed by atoms with Gasteiger partial charge in [0, 0.05) is 12.0 Å². The van der Waals surface area contributed by atoms with E-state index in [0.29, 0.717) is 11.3 Å². The molecule has 0 radical (unpaired) electrons. The van der Waals surface area contributed by atoms with Crippen molar-refractivity contribution in [1.82, 2.24) is 5.16 Å². The molecule has 26 heavy (non-hydrogen) atoms. The lowest BCUT2D eigenvalue weighted by Crippen LogP contribution is -2.48. The van der Waals surface area contributed by atoms with Gasteiger partial charge in [-0.25, -0.2) is 0 Å². The van der Waals surface area contributed by atoms with E-state index < -0.39 is 0 Å². The molecule has 0 amide bonds. The van der Waals surface area contributed by atoms with Crippen LogP contribution in [0.5, 0.6) is 0 Å². The van der Waals surface area contributed by atoms with E-state index in [2.05, 4.69) is 25.1 Å². The van der Waals surface area contributed by atoms with Crippen molar-refractivity contribution < 1.29 is 4.52 Å². The first-order chi connectivity index (χ1) is 12.7. The van der Waals surface area contributed by atoms with Crippen molar-refractivity contribution in [3.05, 3.63) is 18.0 Å². The molecular formula is C24H39NO. The van der Waals surface area contributed by atoms with E-state index in [0.717, 1.165) is 35.5 Å². The smallest absolute Gasteiger partial charge is 0.140 e. The van der Waals surface area contributed by atoms with Crippen LogP contribution in [0.1, 0.15) is 97.2 Å². The summed E-state index contributed by atoms with van der Waals surface area (Å²) in [6, 6.07) is 2.13. The van der Waals surface area contributed by atoms with Crippen LogP contribution in [0.2, 0.25) is 0 Å². The third-order valence-electron chi connectivity index (χ3n) is 9.02. The Labute approximate surface area is 160 Å². The Morgan fingerprint density at radius 2 is 1.77 bits per heavy atom. The van der Waals surface area contributed by atoms with E-state index in [1.807, 2.05) is 20.0 Å². The Bertz CT molecular complexity index is 581. The summed E-state index contributed by atoms with van der Waals surface area (Å²) < 4.78 is 5.62. The minimum absolute atomic E-state index is 0.468. The molecule has 8 unspecified atom stereocenters. The number of hydrogen-bond donors (Lipinski definition) is 0. The molecule has 146 valence electrons. The summed E-state index contributed by atoms with van der Waals surface area (Å²) in [5.41, 5.74) is 0.468. The van der Waals surface area contributed by atoms with Crippen LogP contribution in [0.4, 0.5) is 0 Å². The molecule has 4 aliphatic carbocycles. The third kappa shape index (κ3) is 2.87. The molecule has 4 fully saturated rings. The Morgan fingerprint density at radius 1 is 0.962 bits per heavy atom. The Hall–Kier alpha value is -0.790. The fourth-order valence-electron chi connectivity index (χ4n) is 7.96. The highest BCUT2D eigenvalue weighted by Crippen LogP contribution is 2.66. The topological polar surface area (TPSA) is 26.0 Å². The van der Waals surface area contributed by atoms with E-state index in [4.69, 9.17) is 4.52 Å². The maximum absolute atomic E-state index is 5.62. The van der Waals surface area contributed by atoms with Gasteiger partial charge in [-0.2, -0.15) is 0 Å². The van der Waals surface area contributed by atoms with Gasteiger partial charge in [0.2, 0.25) is 0 Å². The van der Waals surface area contributed by atoms with Gasteiger partial charge in [-0.3, -0.25) is 0 Å². The average molecular weight is 358 g/mol. The van der Waals surface area contributed by atoms with Crippen molar-refractivity contribution in [2.45, 2.75) is 91.4 Å². The molecule has 1 aromatic rings. The van der Waals surface area contributed by atoms with Crippen LogP contribution in [0, 0.1) is 40.9 Å². The van der Waals surface area contributed by atoms with Crippen LogP contribution in [-0.2, 0) is 0 Å². The number of nitrogens with zero attached hydrogens (tertiary/aromatic N) is 1. The predicted octanol–water partition coefficient (Wildman–Crippen LogP) is 7.07. The minimum atomic E-state index is 0.468. The fraction of sp³-hybridized carbons (Fsp3) is 0.875. The lowest BCUT2D eigenvalue weighted by molar-refractivity contribution is -0.0610. The molecule has 4 aliphatic rings. The molecule has 0 aromatic carbocycles. The van der Waals surface area contributed by atoms with Crippen molar-refractivity contribution in [3.63, 3.8) is 0 Å². The molecular weight excluding hydrogens is 318 g/mol. The molecule has 0 N–H and O–H groups in total. The van der Waals surface area contributed by atoms with E-state index in [1.165, 1.54) is 63.5 Å². The van der Waals surface area contributed by atoms with Gasteiger partial charge in [-0.1, -0.05) is 39.3 Å². The lowest BCUT2D eigenvalue weighted by atomic mass is 9.49. The second-order valence-corrected chi connectivity index (χ2v) is 9.94. The van der Waals surface area contributed by atoms with E-state index in [-0.39, 0.29) is 0 Å². The molecule has 0 bridgehead atoms. The highest BCUT2D eigenvalue weighted by Gasteiger charge is 2.57. The quantitative estimate of drug-likeness (QED) is 0.537. The summed E-state index contributed by atoms with van der Waals surface area (Å²) in [7, 11) is 0. The van der Waals surface area contributed by atoms with Crippen LogP contribution < -0.4 is 0 Å². The highest BCUT2D eigenvalue weighted by atomic mass is 16.5. The van der Waals surface area contributed by atoms with Gasteiger partial charge in [-0.05, 0) is 92.3 Å².